The van der Waals surface area contributed by atoms with E-state index >= 15 is 0 Å². The molecule has 0 aliphatic carbocycles. The molecule has 0 unspecified atom stereocenters. The molecule has 2 amide bonds. The van der Waals surface area contributed by atoms with Crippen LogP contribution in [0.3, 0.4) is 0 Å². The number of methoxy groups -OCH3 is 1. The maximum Gasteiger partial charge on any atom is 0.414 e. The Bertz CT molecular complexity index is 881. The van der Waals surface area contributed by atoms with Gasteiger partial charge in [-0.05, 0) is 42.0 Å². The fourth-order valence-electron chi connectivity index (χ4n) is 2.67. The third-order valence-corrected chi connectivity index (χ3v) is 4.05. The molecule has 0 spiro atoms. The third kappa shape index (κ3) is 5.02. The number of carbonyl (C=O) groups excluding carboxylic acids is 2. The molecule has 0 aromatic heterocycles. The molecule has 0 saturated carbocycles. The van der Waals surface area contributed by atoms with Crippen molar-refractivity contribution in [3.63, 3.8) is 0 Å². The minimum absolute atomic E-state index is 0.0968. The van der Waals surface area contributed by atoms with Crippen LogP contribution in [0.1, 0.15) is 11.1 Å². The number of nitrogens with zero attached hydrogens (tertiary/aromatic N) is 1. The zero-order valence-electron chi connectivity index (χ0n) is 15.0. The molecule has 1 heterocycles. The van der Waals surface area contributed by atoms with Gasteiger partial charge in [-0.3, -0.25) is 9.69 Å². The summed E-state index contributed by atoms with van der Waals surface area (Å²) >= 11 is 0. The number of rotatable bonds is 5. The van der Waals surface area contributed by atoms with Gasteiger partial charge in [0.05, 0.1) is 26.6 Å². The van der Waals surface area contributed by atoms with E-state index in [0.717, 1.165) is 22.6 Å². The molecule has 3 rings (SSSR count). The summed E-state index contributed by atoms with van der Waals surface area (Å²) < 4.78 is 10.1. The van der Waals surface area contributed by atoms with Crippen LogP contribution in [0.2, 0.25) is 0 Å². The first kappa shape index (κ1) is 18.3. The summed E-state index contributed by atoms with van der Waals surface area (Å²) in [4.78, 5) is 25.1. The van der Waals surface area contributed by atoms with E-state index in [0.29, 0.717) is 13.2 Å². The van der Waals surface area contributed by atoms with Crippen LogP contribution in [0.15, 0.2) is 48.5 Å². The van der Waals surface area contributed by atoms with Gasteiger partial charge in [-0.15, -0.1) is 0 Å². The lowest BCUT2D eigenvalue weighted by molar-refractivity contribution is -0.120. The Balaban J connectivity index is 1.48. The largest absolute Gasteiger partial charge is 0.497 e. The maximum atomic E-state index is 12.0. The van der Waals surface area contributed by atoms with E-state index in [1.165, 1.54) is 0 Å². The number of amides is 2. The van der Waals surface area contributed by atoms with E-state index in [1.807, 2.05) is 48.5 Å². The fraction of sp³-hybridized carbons (Fsp3) is 0.238. The third-order valence-electron chi connectivity index (χ3n) is 4.05. The average molecular weight is 364 g/mol. The van der Waals surface area contributed by atoms with Gasteiger partial charge in [0.2, 0.25) is 5.91 Å². The van der Waals surface area contributed by atoms with Crippen LogP contribution in [-0.4, -0.2) is 38.8 Å². The van der Waals surface area contributed by atoms with Crippen LogP contribution in [0.4, 0.5) is 10.5 Å². The summed E-state index contributed by atoms with van der Waals surface area (Å²) in [7, 11) is 1.60. The Morgan fingerprint density at radius 1 is 1.26 bits per heavy atom. The normalized spacial score (nSPS) is 12.8. The number of nitrogens with one attached hydrogen (secondary N) is 1. The van der Waals surface area contributed by atoms with Crippen molar-refractivity contribution in [3.05, 3.63) is 59.7 Å². The Labute approximate surface area is 158 Å². The highest BCUT2D eigenvalue weighted by Crippen LogP contribution is 2.18. The Hall–Kier alpha value is -3.46. The van der Waals surface area contributed by atoms with Crippen molar-refractivity contribution >= 4 is 17.7 Å². The van der Waals surface area contributed by atoms with E-state index in [9.17, 15) is 9.59 Å². The molecular weight excluding hydrogens is 344 g/mol. The van der Waals surface area contributed by atoms with Crippen molar-refractivity contribution in [3.8, 4) is 17.6 Å². The monoisotopic (exact) mass is 364 g/mol. The second-order valence-corrected chi connectivity index (χ2v) is 5.92. The Morgan fingerprint density at radius 2 is 2.07 bits per heavy atom. The lowest BCUT2D eigenvalue weighted by Crippen LogP contribution is -2.25. The van der Waals surface area contributed by atoms with Crippen molar-refractivity contribution in [1.29, 1.82) is 0 Å². The lowest BCUT2D eigenvalue weighted by atomic mass is 10.1. The Morgan fingerprint density at radius 3 is 2.78 bits per heavy atom. The number of benzene rings is 2. The first-order valence-electron chi connectivity index (χ1n) is 8.58. The molecule has 6 heteroatoms. The molecule has 2 aromatic carbocycles. The smallest absolute Gasteiger partial charge is 0.414 e. The number of anilines is 1. The van der Waals surface area contributed by atoms with Crippen molar-refractivity contribution in [2.24, 2.45) is 0 Å². The van der Waals surface area contributed by atoms with Crippen LogP contribution in [0.5, 0.6) is 5.75 Å². The van der Waals surface area contributed by atoms with Crippen molar-refractivity contribution < 1.29 is 19.1 Å². The van der Waals surface area contributed by atoms with E-state index in [-0.39, 0.29) is 25.0 Å². The number of hydrogen-bond acceptors (Lipinski definition) is 4. The number of ether oxygens (including phenoxy) is 2. The van der Waals surface area contributed by atoms with Crippen LogP contribution in [0.25, 0.3) is 0 Å². The quantitative estimate of drug-likeness (QED) is 0.827. The highest BCUT2D eigenvalue weighted by molar-refractivity contribution is 5.89. The summed E-state index contributed by atoms with van der Waals surface area (Å²) in [5, 5.41) is 2.78. The summed E-state index contributed by atoms with van der Waals surface area (Å²) in [6.45, 7) is 1.24. The zero-order valence-corrected chi connectivity index (χ0v) is 15.0. The standard InChI is InChI=1S/C21H20N2O4/c1-26-19-6-2-4-17(14-19)15-20(24)22-11-3-5-16-7-9-18(10-8-16)23-12-13-27-21(23)25/h2,4,6-10,14H,11-13,15H2,1H3,(H,22,24). The van der Waals surface area contributed by atoms with E-state index < -0.39 is 0 Å². The fourth-order valence-corrected chi connectivity index (χ4v) is 2.67. The van der Waals surface area contributed by atoms with Crippen LogP contribution in [-0.2, 0) is 16.0 Å². The molecule has 6 nitrogen and oxygen atoms in total. The highest BCUT2D eigenvalue weighted by atomic mass is 16.6. The summed E-state index contributed by atoms with van der Waals surface area (Å²) in [5.41, 5.74) is 2.49. The van der Waals surface area contributed by atoms with Gasteiger partial charge in [-0.25, -0.2) is 4.79 Å². The number of hydrogen-bond donors (Lipinski definition) is 1. The van der Waals surface area contributed by atoms with Gasteiger partial charge in [0.1, 0.15) is 12.4 Å². The molecule has 1 aliphatic heterocycles. The number of carbonyl (C=O) groups is 2. The Kier molecular flexibility index (Phi) is 5.95. The molecular formula is C21H20N2O4. The van der Waals surface area contributed by atoms with Gasteiger partial charge in [0, 0.05) is 11.3 Å². The minimum atomic E-state index is -0.326. The summed E-state index contributed by atoms with van der Waals surface area (Å²) in [5.74, 6) is 6.55. The molecule has 1 saturated heterocycles. The van der Waals surface area contributed by atoms with Gasteiger partial charge >= 0.3 is 6.09 Å². The van der Waals surface area contributed by atoms with Gasteiger partial charge in [-0.1, -0.05) is 24.0 Å². The van der Waals surface area contributed by atoms with Crippen LogP contribution >= 0.6 is 0 Å². The van der Waals surface area contributed by atoms with Gasteiger partial charge in [0.25, 0.3) is 0 Å². The molecule has 138 valence electrons. The maximum absolute atomic E-state index is 12.0. The first-order valence-corrected chi connectivity index (χ1v) is 8.58. The van der Waals surface area contributed by atoms with E-state index in [1.54, 1.807) is 12.0 Å². The van der Waals surface area contributed by atoms with Crippen LogP contribution < -0.4 is 15.0 Å². The molecule has 1 N–H and O–H groups in total. The van der Waals surface area contributed by atoms with Crippen LogP contribution in [0, 0.1) is 11.8 Å². The topological polar surface area (TPSA) is 67.9 Å². The highest BCUT2D eigenvalue weighted by Gasteiger charge is 2.23. The zero-order chi connectivity index (χ0) is 19.1. The molecule has 0 bridgehead atoms. The predicted molar refractivity (Wildman–Crippen MR) is 102 cm³/mol. The van der Waals surface area contributed by atoms with Crippen molar-refractivity contribution in [2.45, 2.75) is 6.42 Å². The second kappa shape index (κ2) is 8.77. The van der Waals surface area contributed by atoms with Gasteiger partial charge < -0.3 is 14.8 Å². The van der Waals surface area contributed by atoms with Gasteiger partial charge in [0.15, 0.2) is 0 Å². The molecule has 0 atom stereocenters. The molecule has 1 fully saturated rings. The molecule has 2 aromatic rings. The lowest BCUT2D eigenvalue weighted by Gasteiger charge is -2.11. The molecule has 0 radical (unpaired) electrons. The first-order chi connectivity index (χ1) is 13.2. The van der Waals surface area contributed by atoms with Crippen molar-refractivity contribution in [2.75, 3.05) is 31.7 Å². The van der Waals surface area contributed by atoms with Crippen molar-refractivity contribution in [1.82, 2.24) is 5.32 Å². The predicted octanol–water partition coefficient (Wildman–Crippen LogP) is 2.36. The minimum Gasteiger partial charge on any atom is -0.497 e. The second-order valence-electron chi connectivity index (χ2n) is 5.92. The van der Waals surface area contributed by atoms with E-state index in [4.69, 9.17) is 9.47 Å². The van der Waals surface area contributed by atoms with E-state index in [2.05, 4.69) is 17.2 Å². The number of cyclic esters (lactones) is 1. The summed E-state index contributed by atoms with van der Waals surface area (Å²) in [6, 6.07) is 14.7. The SMILES string of the molecule is COc1cccc(CC(=O)NCC#Cc2ccc(N3CCOC3=O)cc2)c1. The summed E-state index contributed by atoms with van der Waals surface area (Å²) in [6.07, 6.45) is -0.0490. The average Bonchev–Trinajstić information content (AvgIpc) is 3.12. The molecule has 27 heavy (non-hydrogen) atoms. The molecule has 1 aliphatic rings. The van der Waals surface area contributed by atoms with Gasteiger partial charge in [-0.2, -0.15) is 0 Å².